The zero-order valence-electron chi connectivity index (χ0n) is 15.2. The summed E-state index contributed by atoms with van der Waals surface area (Å²) in [5.74, 6) is -0.140. The highest BCUT2D eigenvalue weighted by atomic mass is 35.5. The van der Waals surface area contributed by atoms with Gasteiger partial charge in [0.05, 0.1) is 10.6 Å². The fourth-order valence-electron chi connectivity index (χ4n) is 3.51. The Labute approximate surface area is 169 Å². The predicted molar refractivity (Wildman–Crippen MR) is 109 cm³/mol. The Kier molecular flexibility index (Phi) is 6.12. The van der Waals surface area contributed by atoms with Crippen LogP contribution in [0.2, 0.25) is 5.02 Å². The van der Waals surface area contributed by atoms with Crippen LogP contribution in [-0.4, -0.2) is 35.8 Å². The minimum absolute atomic E-state index is 0.143. The Balaban J connectivity index is 1.66. The van der Waals surface area contributed by atoms with Crippen molar-refractivity contribution in [3.8, 4) is 0 Å². The maximum atomic E-state index is 12.9. The lowest BCUT2D eigenvalue weighted by Crippen LogP contribution is -2.46. The summed E-state index contributed by atoms with van der Waals surface area (Å²) in [6.07, 6.45) is 6.07. The van der Waals surface area contributed by atoms with Gasteiger partial charge in [0.15, 0.2) is 0 Å². The third-order valence-electron chi connectivity index (χ3n) is 5.04. The fraction of sp³-hybridized carbons (Fsp3) is 0.400. The maximum Gasteiger partial charge on any atom is 0.256 e. The number of nitrogen functional groups attached to an aromatic ring is 1. The van der Waals surface area contributed by atoms with E-state index in [1.165, 1.54) is 0 Å². The molecule has 1 aromatic carbocycles. The largest absolute Gasteiger partial charge is 0.399 e. The van der Waals surface area contributed by atoms with Crippen molar-refractivity contribution in [2.45, 2.75) is 32.2 Å². The predicted octanol–water partition coefficient (Wildman–Crippen LogP) is 3.73. The summed E-state index contributed by atoms with van der Waals surface area (Å²) in [7, 11) is 0. The quantitative estimate of drug-likeness (QED) is 0.746. The van der Waals surface area contributed by atoms with E-state index in [-0.39, 0.29) is 17.7 Å². The van der Waals surface area contributed by atoms with Gasteiger partial charge in [-0.3, -0.25) is 9.59 Å². The van der Waals surface area contributed by atoms with Crippen molar-refractivity contribution < 1.29 is 9.59 Å². The Morgan fingerprint density at radius 2 is 2.07 bits per heavy atom. The van der Waals surface area contributed by atoms with Gasteiger partial charge in [0, 0.05) is 23.8 Å². The number of rotatable bonds is 4. The van der Waals surface area contributed by atoms with Crippen LogP contribution in [0, 0.1) is 5.92 Å². The van der Waals surface area contributed by atoms with Crippen LogP contribution in [0.3, 0.4) is 0 Å². The minimum Gasteiger partial charge on any atom is -0.399 e. The molecule has 1 aliphatic carbocycles. The molecule has 27 heavy (non-hydrogen) atoms. The van der Waals surface area contributed by atoms with Crippen LogP contribution in [0.15, 0.2) is 41.0 Å². The van der Waals surface area contributed by atoms with E-state index < -0.39 is 6.04 Å². The van der Waals surface area contributed by atoms with E-state index >= 15 is 0 Å². The van der Waals surface area contributed by atoms with Gasteiger partial charge in [0.1, 0.15) is 6.04 Å². The second-order valence-electron chi connectivity index (χ2n) is 7.10. The topological polar surface area (TPSA) is 75.4 Å². The first-order valence-corrected chi connectivity index (χ1v) is 9.81. The van der Waals surface area contributed by atoms with E-state index in [9.17, 15) is 9.59 Å². The molecule has 0 spiro atoms. The molecule has 0 saturated carbocycles. The Morgan fingerprint density at radius 1 is 1.30 bits per heavy atom. The highest BCUT2D eigenvalue weighted by molar-refractivity contribution is 6.34. The van der Waals surface area contributed by atoms with E-state index in [4.69, 9.17) is 28.9 Å². The van der Waals surface area contributed by atoms with Gasteiger partial charge in [-0.25, -0.2) is 0 Å². The molecule has 1 aromatic rings. The lowest BCUT2D eigenvalue weighted by atomic mass is 9.95. The maximum absolute atomic E-state index is 12.9. The van der Waals surface area contributed by atoms with Gasteiger partial charge in [-0.05, 0) is 49.5 Å². The van der Waals surface area contributed by atoms with Crippen LogP contribution in [0.5, 0.6) is 0 Å². The first-order chi connectivity index (χ1) is 12.9. The van der Waals surface area contributed by atoms with Gasteiger partial charge in [-0.15, -0.1) is 0 Å². The molecule has 3 N–H and O–H groups in total. The molecule has 1 heterocycles. The second kappa shape index (κ2) is 8.36. The van der Waals surface area contributed by atoms with E-state index in [2.05, 4.69) is 12.2 Å². The van der Waals surface area contributed by atoms with E-state index in [0.717, 1.165) is 23.4 Å². The number of hydrogen-bond acceptors (Lipinski definition) is 3. The van der Waals surface area contributed by atoms with Crippen molar-refractivity contribution in [3.63, 3.8) is 0 Å². The van der Waals surface area contributed by atoms with Crippen molar-refractivity contribution in [1.29, 1.82) is 0 Å². The number of halogens is 2. The van der Waals surface area contributed by atoms with Gasteiger partial charge < -0.3 is 16.0 Å². The first kappa shape index (κ1) is 19.8. The van der Waals surface area contributed by atoms with Crippen LogP contribution in [-0.2, 0) is 4.79 Å². The van der Waals surface area contributed by atoms with Gasteiger partial charge in [0.2, 0.25) is 5.91 Å². The number of carbonyl (C=O) groups is 2. The number of anilines is 1. The average Bonchev–Trinajstić information content (AvgIpc) is 3.13. The summed E-state index contributed by atoms with van der Waals surface area (Å²) >= 11 is 12.3. The highest BCUT2D eigenvalue weighted by Crippen LogP contribution is 2.28. The van der Waals surface area contributed by atoms with Crippen molar-refractivity contribution >= 4 is 40.7 Å². The molecule has 2 unspecified atom stereocenters. The monoisotopic (exact) mass is 407 g/mol. The standard InChI is InChI=1S/C20H23Cl2N3O2/c1-12-9-13(4-6-16(12)21)11-24-19(26)18-3-2-8-25(18)20(27)15-10-14(23)5-7-17(15)22/h4-7,10,12,18H,2-3,8-9,11,23H2,1H3,(H,24,26). The number of amides is 2. The summed E-state index contributed by atoms with van der Waals surface area (Å²) < 4.78 is 0. The molecule has 3 rings (SSSR count). The van der Waals surface area contributed by atoms with Crippen LogP contribution >= 0.6 is 23.2 Å². The van der Waals surface area contributed by atoms with Gasteiger partial charge >= 0.3 is 0 Å². The van der Waals surface area contributed by atoms with Gasteiger partial charge in [0.25, 0.3) is 5.91 Å². The van der Waals surface area contributed by atoms with E-state index in [1.54, 1.807) is 23.1 Å². The number of likely N-dealkylation sites (tertiary alicyclic amines) is 1. The Morgan fingerprint density at radius 3 is 2.81 bits per heavy atom. The number of carbonyl (C=O) groups excluding carboxylic acids is 2. The van der Waals surface area contributed by atoms with Crippen LogP contribution in [0.1, 0.15) is 36.5 Å². The molecule has 0 bridgehead atoms. The summed E-state index contributed by atoms with van der Waals surface area (Å²) in [6, 6.07) is 4.32. The molecule has 1 aliphatic heterocycles. The summed E-state index contributed by atoms with van der Waals surface area (Å²) in [4.78, 5) is 27.2. The molecule has 0 aromatic heterocycles. The summed E-state index contributed by atoms with van der Waals surface area (Å²) in [6.45, 7) is 3.04. The highest BCUT2D eigenvalue weighted by Gasteiger charge is 2.35. The van der Waals surface area contributed by atoms with Crippen molar-refractivity contribution in [3.05, 3.63) is 51.5 Å². The summed E-state index contributed by atoms with van der Waals surface area (Å²) in [5, 5.41) is 4.13. The lowest BCUT2D eigenvalue weighted by molar-refractivity contribution is -0.124. The third-order valence-corrected chi connectivity index (χ3v) is 5.87. The molecule has 2 amide bonds. The van der Waals surface area contributed by atoms with Gasteiger partial charge in [-0.2, -0.15) is 0 Å². The SMILES string of the molecule is CC1CC(CNC(=O)C2CCCN2C(=O)c2cc(N)ccc2Cl)=CC=C1Cl. The molecule has 2 aliphatic rings. The minimum atomic E-state index is -0.490. The summed E-state index contributed by atoms with van der Waals surface area (Å²) in [5.41, 5.74) is 7.70. The van der Waals surface area contributed by atoms with Crippen molar-refractivity contribution in [2.75, 3.05) is 18.8 Å². The number of benzene rings is 1. The first-order valence-electron chi connectivity index (χ1n) is 9.05. The molecular formula is C20H23Cl2N3O2. The second-order valence-corrected chi connectivity index (χ2v) is 7.94. The number of nitrogens with zero attached hydrogens (tertiary/aromatic N) is 1. The zero-order chi connectivity index (χ0) is 19.6. The smallest absolute Gasteiger partial charge is 0.256 e. The molecule has 144 valence electrons. The normalized spacial score (nSPS) is 22.3. The Hall–Kier alpha value is -1.98. The third kappa shape index (κ3) is 4.47. The fourth-order valence-corrected chi connectivity index (χ4v) is 3.85. The van der Waals surface area contributed by atoms with Crippen LogP contribution < -0.4 is 11.1 Å². The molecular weight excluding hydrogens is 385 g/mol. The number of nitrogens with one attached hydrogen (secondary N) is 1. The molecule has 1 saturated heterocycles. The molecule has 0 radical (unpaired) electrons. The average molecular weight is 408 g/mol. The van der Waals surface area contributed by atoms with Crippen molar-refractivity contribution in [1.82, 2.24) is 10.2 Å². The zero-order valence-corrected chi connectivity index (χ0v) is 16.7. The number of hydrogen-bond donors (Lipinski definition) is 2. The van der Waals surface area contributed by atoms with E-state index in [0.29, 0.717) is 35.8 Å². The van der Waals surface area contributed by atoms with Gasteiger partial charge in [-0.1, -0.05) is 41.8 Å². The molecule has 7 heteroatoms. The number of allylic oxidation sites excluding steroid dienone is 3. The van der Waals surface area contributed by atoms with E-state index in [1.807, 2.05) is 12.2 Å². The van der Waals surface area contributed by atoms with Crippen LogP contribution in [0.4, 0.5) is 5.69 Å². The number of nitrogens with two attached hydrogens (primary N) is 1. The molecule has 1 fully saturated rings. The molecule has 2 atom stereocenters. The van der Waals surface area contributed by atoms with Crippen LogP contribution in [0.25, 0.3) is 0 Å². The lowest BCUT2D eigenvalue weighted by Gasteiger charge is -2.25. The van der Waals surface area contributed by atoms with Crippen molar-refractivity contribution in [2.24, 2.45) is 5.92 Å². The Bertz CT molecular complexity index is 819. The molecule has 5 nitrogen and oxygen atoms in total.